The van der Waals surface area contributed by atoms with Crippen molar-refractivity contribution in [2.45, 2.75) is 6.54 Å². The SMILES string of the molecule is CN(C(=O)Cl)C(=O)NCc1ccco1. The molecule has 5 nitrogen and oxygen atoms in total. The lowest BCUT2D eigenvalue weighted by molar-refractivity contribution is 0.206. The van der Waals surface area contributed by atoms with E-state index < -0.39 is 11.4 Å². The maximum atomic E-state index is 11.1. The van der Waals surface area contributed by atoms with Gasteiger partial charge in [0.25, 0.3) is 0 Å². The van der Waals surface area contributed by atoms with E-state index in [4.69, 9.17) is 16.0 Å². The highest BCUT2D eigenvalue weighted by Crippen LogP contribution is 1.99. The summed E-state index contributed by atoms with van der Waals surface area (Å²) in [7, 11) is 1.28. The van der Waals surface area contributed by atoms with Crippen LogP contribution in [0.25, 0.3) is 0 Å². The molecule has 0 atom stereocenters. The van der Waals surface area contributed by atoms with Crippen LogP contribution in [0.15, 0.2) is 22.8 Å². The largest absolute Gasteiger partial charge is 0.467 e. The Kier molecular flexibility index (Phi) is 3.53. The predicted molar refractivity (Wildman–Crippen MR) is 50.0 cm³/mol. The summed E-state index contributed by atoms with van der Waals surface area (Å²) >= 11 is 5.09. The molecule has 14 heavy (non-hydrogen) atoms. The monoisotopic (exact) mass is 216 g/mol. The molecule has 1 rings (SSSR count). The Morgan fingerprint density at radius 3 is 2.86 bits per heavy atom. The molecule has 0 aliphatic carbocycles. The highest BCUT2D eigenvalue weighted by atomic mass is 35.5. The minimum atomic E-state index is -0.832. The van der Waals surface area contributed by atoms with Crippen LogP contribution >= 0.6 is 11.6 Å². The maximum Gasteiger partial charge on any atom is 0.325 e. The lowest BCUT2D eigenvalue weighted by Gasteiger charge is -2.11. The molecule has 0 aromatic carbocycles. The van der Waals surface area contributed by atoms with Crippen molar-refractivity contribution < 1.29 is 14.0 Å². The van der Waals surface area contributed by atoms with Gasteiger partial charge in [-0.1, -0.05) is 0 Å². The second-order valence-electron chi connectivity index (χ2n) is 2.55. The Hall–Kier alpha value is -1.49. The molecule has 0 radical (unpaired) electrons. The summed E-state index contributed by atoms with van der Waals surface area (Å²) in [5, 5.41) is 1.62. The minimum Gasteiger partial charge on any atom is -0.467 e. The van der Waals surface area contributed by atoms with Crippen molar-refractivity contribution in [3.8, 4) is 0 Å². The molecule has 0 aliphatic rings. The molecule has 1 heterocycles. The van der Waals surface area contributed by atoms with E-state index in [1.54, 1.807) is 12.1 Å². The lowest BCUT2D eigenvalue weighted by atomic mass is 10.4. The quantitative estimate of drug-likeness (QED) is 0.606. The van der Waals surface area contributed by atoms with Crippen molar-refractivity contribution in [2.24, 2.45) is 0 Å². The number of carbonyl (C=O) groups is 2. The third kappa shape index (κ3) is 2.77. The molecular weight excluding hydrogens is 208 g/mol. The van der Waals surface area contributed by atoms with Gasteiger partial charge in [-0.25, -0.2) is 4.79 Å². The first-order valence-corrected chi connectivity index (χ1v) is 4.22. The fourth-order valence-corrected chi connectivity index (χ4v) is 0.851. The Morgan fingerprint density at radius 2 is 2.36 bits per heavy atom. The van der Waals surface area contributed by atoms with Gasteiger partial charge >= 0.3 is 11.4 Å². The van der Waals surface area contributed by atoms with Gasteiger partial charge in [0.15, 0.2) is 0 Å². The van der Waals surface area contributed by atoms with Crippen LogP contribution in [0, 0.1) is 0 Å². The van der Waals surface area contributed by atoms with Gasteiger partial charge in [-0.2, -0.15) is 0 Å². The van der Waals surface area contributed by atoms with Gasteiger partial charge in [-0.3, -0.25) is 9.69 Å². The number of urea groups is 1. The summed E-state index contributed by atoms with van der Waals surface area (Å²) in [6.07, 6.45) is 1.50. The number of rotatable bonds is 2. The van der Waals surface area contributed by atoms with E-state index >= 15 is 0 Å². The summed E-state index contributed by atoms with van der Waals surface area (Å²) < 4.78 is 4.97. The summed E-state index contributed by atoms with van der Waals surface area (Å²) in [6.45, 7) is 0.223. The van der Waals surface area contributed by atoms with Crippen LogP contribution in [0.3, 0.4) is 0 Å². The normalized spacial score (nSPS) is 9.57. The summed E-state index contributed by atoms with van der Waals surface area (Å²) in [6, 6.07) is 2.85. The standard InChI is InChI=1S/C8H9ClN2O3/c1-11(7(9)12)8(13)10-5-6-3-2-4-14-6/h2-4H,5H2,1H3,(H,10,13). The predicted octanol–water partition coefficient (Wildman–Crippen LogP) is 1.78. The van der Waals surface area contributed by atoms with Crippen molar-refractivity contribution >= 4 is 23.0 Å². The van der Waals surface area contributed by atoms with Gasteiger partial charge in [0.1, 0.15) is 5.76 Å². The Labute approximate surface area is 85.6 Å². The van der Waals surface area contributed by atoms with E-state index in [0.29, 0.717) is 5.76 Å². The van der Waals surface area contributed by atoms with E-state index in [0.717, 1.165) is 4.90 Å². The van der Waals surface area contributed by atoms with Crippen molar-refractivity contribution in [3.05, 3.63) is 24.2 Å². The minimum absolute atomic E-state index is 0.223. The fraction of sp³-hybridized carbons (Fsp3) is 0.250. The second kappa shape index (κ2) is 4.66. The second-order valence-corrected chi connectivity index (χ2v) is 2.87. The van der Waals surface area contributed by atoms with Crippen LogP contribution in [-0.4, -0.2) is 23.3 Å². The molecule has 1 N–H and O–H groups in total. The van der Waals surface area contributed by atoms with Gasteiger partial charge in [-0.05, 0) is 23.7 Å². The van der Waals surface area contributed by atoms with Crippen molar-refractivity contribution in [1.82, 2.24) is 10.2 Å². The van der Waals surface area contributed by atoms with Gasteiger partial charge < -0.3 is 9.73 Å². The first-order valence-electron chi connectivity index (χ1n) is 3.84. The maximum absolute atomic E-state index is 11.1. The first-order chi connectivity index (χ1) is 6.61. The number of imide groups is 1. The fourth-order valence-electron chi connectivity index (χ4n) is 0.774. The summed E-state index contributed by atoms with van der Waals surface area (Å²) in [4.78, 5) is 22.5. The molecular formula is C8H9ClN2O3. The van der Waals surface area contributed by atoms with Crippen LogP contribution in [0.1, 0.15) is 5.76 Å². The van der Waals surface area contributed by atoms with Crippen LogP contribution in [0.4, 0.5) is 9.59 Å². The van der Waals surface area contributed by atoms with Crippen LogP contribution in [0.2, 0.25) is 0 Å². The van der Waals surface area contributed by atoms with Crippen molar-refractivity contribution in [1.29, 1.82) is 0 Å². The number of hydrogen-bond donors (Lipinski definition) is 1. The number of hydrogen-bond acceptors (Lipinski definition) is 3. The average molecular weight is 217 g/mol. The zero-order valence-electron chi connectivity index (χ0n) is 7.49. The topological polar surface area (TPSA) is 62.6 Å². The highest BCUT2D eigenvalue weighted by molar-refractivity contribution is 6.63. The van der Waals surface area contributed by atoms with Gasteiger partial charge in [0.2, 0.25) is 0 Å². The number of nitrogens with one attached hydrogen (secondary N) is 1. The van der Waals surface area contributed by atoms with Crippen molar-refractivity contribution in [3.63, 3.8) is 0 Å². The zero-order valence-corrected chi connectivity index (χ0v) is 8.25. The molecule has 0 bridgehead atoms. The third-order valence-electron chi connectivity index (χ3n) is 1.56. The number of nitrogens with zero attached hydrogens (tertiary/aromatic N) is 1. The zero-order chi connectivity index (χ0) is 10.6. The van der Waals surface area contributed by atoms with Gasteiger partial charge in [-0.15, -0.1) is 0 Å². The molecule has 76 valence electrons. The van der Waals surface area contributed by atoms with Gasteiger partial charge in [0, 0.05) is 7.05 Å². The van der Waals surface area contributed by atoms with E-state index in [2.05, 4.69) is 5.32 Å². The van der Waals surface area contributed by atoms with Crippen LogP contribution in [0.5, 0.6) is 0 Å². The molecule has 3 amide bonds. The molecule has 6 heteroatoms. The number of amides is 3. The smallest absolute Gasteiger partial charge is 0.325 e. The number of halogens is 1. The summed E-state index contributed by atoms with van der Waals surface area (Å²) in [5.74, 6) is 0.605. The number of carbonyl (C=O) groups excluding carboxylic acids is 2. The summed E-state index contributed by atoms with van der Waals surface area (Å²) in [5.41, 5.74) is 0. The van der Waals surface area contributed by atoms with Gasteiger partial charge in [0.05, 0.1) is 12.8 Å². The van der Waals surface area contributed by atoms with E-state index in [9.17, 15) is 9.59 Å². The van der Waals surface area contributed by atoms with E-state index in [1.807, 2.05) is 0 Å². The van der Waals surface area contributed by atoms with E-state index in [1.165, 1.54) is 13.3 Å². The first kappa shape index (κ1) is 10.6. The molecule has 1 aromatic rings. The van der Waals surface area contributed by atoms with Crippen LogP contribution in [-0.2, 0) is 6.54 Å². The third-order valence-corrected chi connectivity index (χ3v) is 1.82. The van der Waals surface area contributed by atoms with E-state index in [-0.39, 0.29) is 6.54 Å². The Bertz CT molecular complexity index is 323. The van der Waals surface area contributed by atoms with Crippen molar-refractivity contribution in [2.75, 3.05) is 7.05 Å². The Morgan fingerprint density at radius 1 is 1.64 bits per heavy atom. The average Bonchev–Trinajstić information content (AvgIpc) is 2.65. The molecule has 0 unspecified atom stereocenters. The highest BCUT2D eigenvalue weighted by Gasteiger charge is 2.13. The molecule has 0 aliphatic heterocycles. The lowest BCUT2D eigenvalue weighted by Crippen LogP contribution is -2.38. The molecule has 0 saturated carbocycles. The Balaban J connectivity index is 2.39. The molecule has 1 aromatic heterocycles. The molecule has 0 saturated heterocycles. The molecule has 0 spiro atoms. The number of furan rings is 1. The molecule has 0 fully saturated rings. The van der Waals surface area contributed by atoms with Crippen LogP contribution < -0.4 is 5.32 Å².